The van der Waals surface area contributed by atoms with E-state index in [9.17, 15) is 14.0 Å². The molecule has 12 heteroatoms. The zero-order chi connectivity index (χ0) is 31.9. The molecule has 0 bridgehead atoms. The molecule has 2 aromatic carbocycles. The number of hydrogen-bond acceptors (Lipinski definition) is 9. The van der Waals surface area contributed by atoms with E-state index in [2.05, 4.69) is 20.6 Å². The first-order valence-corrected chi connectivity index (χ1v) is 15.1. The molecular formula is C32H40ClFN4O6. The number of ether oxygens (including phenoxy) is 4. The summed E-state index contributed by atoms with van der Waals surface area (Å²) in [5.41, 5.74) is 0.217. The van der Waals surface area contributed by atoms with Crippen molar-refractivity contribution >= 4 is 46.1 Å². The first-order chi connectivity index (χ1) is 21.0. The summed E-state index contributed by atoms with van der Waals surface area (Å²) in [6, 6.07) is 8.25. The van der Waals surface area contributed by atoms with Crippen LogP contribution in [0.2, 0.25) is 5.02 Å². The van der Waals surface area contributed by atoms with E-state index < -0.39 is 17.5 Å². The van der Waals surface area contributed by atoms with Crippen LogP contribution in [0.3, 0.4) is 0 Å². The Morgan fingerprint density at radius 1 is 1.09 bits per heavy atom. The molecule has 10 nitrogen and oxygen atoms in total. The van der Waals surface area contributed by atoms with Crippen molar-refractivity contribution in [1.29, 1.82) is 0 Å². The Kier molecular flexibility index (Phi) is 11.1. The fourth-order valence-electron chi connectivity index (χ4n) is 5.46. The van der Waals surface area contributed by atoms with Crippen LogP contribution in [0.1, 0.15) is 59.3 Å². The number of carbonyl (C=O) groups excluding carboxylic acids is 2. The van der Waals surface area contributed by atoms with Gasteiger partial charge >= 0.3 is 12.1 Å². The number of halogens is 2. The number of methoxy groups -OCH3 is 2. The Bertz CT molecular complexity index is 1460. The van der Waals surface area contributed by atoms with E-state index in [1.807, 2.05) is 20.8 Å². The molecule has 1 aromatic heterocycles. The number of fused-ring (bicyclic) bond motifs is 1. The maximum Gasteiger partial charge on any atom is 0.407 e. The van der Waals surface area contributed by atoms with Gasteiger partial charge in [-0.05, 0) is 83.4 Å². The molecule has 0 radical (unpaired) electrons. The molecule has 1 fully saturated rings. The average Bonchev–Trinajstić information content (AvgIpc) is 2.98. The molecule has 1 atom stereocenters. The van der Waals surface area contributed by atoms with Crippen molar-refractivity contribution in [3.05, 3.63) is 47.5 Å². The third-order valence-electron chi connectivity index (χ3n) is 7.57. The lowest BCUT2D eigenvalue weighted by atomic mass is 9.77. The van der Waals surface area contributed by atoms with Crippen LogP contribution in [-0.4, -0.2) is 54.5 Å². The molecule has 1 aliphatic carbocycles. The molecule has 4 rings (SSSR count). The highest BCUT2D eigenvalue weighted by Gasteiger charge is 2.33. The number of esters is 1. The van der Waals surface area contributed by atoms with Crippen molar-refractivity contribution in [3.8, 4) is 11.5 Å². The number of nitrogens with zero attached hydrogens (tertiary/aromatic N) is 2. The molecule has 3 aromatic rings. The van der Waals surface area contributed by atoms with Crippen LogP contribution in [-0.2, 0) is 14.3 Å². The third-order valence-corrected chi connectivity index (χ3v) is 7.86. The fraction of sp³-hybridized carbons (Fsp3) is 0.500. The summed E-state index contributed by atoms with van der Waals surface area (Å²) in [5.74, 6) is 0.489. The summed E-state index contributed by atoms with van der Waals surface area (Å²) >= 11 is 5.96. The largest absolute Gasteiger partial charge is 0.493 e. The number of benzene rings is 2. The van der Waals surface area contributed by atoms with Crippen molar-refractivity contribution in [2.75, 3.05) is 26.1 Å². The van der Waals surface area contributed by atoms with Crippen LogP contribution in [0.5, 0.6) is 11.5 Å². The highest BCUT2D eigenvalue weighted by atomic mass is 35.5. The molecule has 0 unspecified atom stereocenters. The van der Waals surface area contributed by atoms with Gasteiger partial charge in [0.15, 0.2) is 17.3 Å². The quantitative estimate of drug-likeness (QED) is 0.167. The minimum atomic E-state index is -0.577. The second-order valence-electron chi connectivity index (χ2n) is 11.8. The van der Waals surface area contributed by atoms with Crippen molar-refractivity contribution in [2.45, 2.75) is 71.0 Å². The van der Waals surface area contributed by atoms with Gasteiger partial charge < -0.3 is 29.6 Å². The summed E-state index contributed by atoms with van der Waals surface area (Å²) in [6.07, 6.45) is 5.07. The van der Waals surface area contributed by atoms with Gasteiger partial charge in [-0.15, -0.1) is 0 Å². The lowest BCUT2D eigenvalue weighted by molar-refractivity contribution is -0.148. The number of alkyl carbamates (subject to hydrolysis) is 1. The van der Waals surface area contributed by atoms with Gasteiger partial charge in [-0.1, -0.05) is 17.7 Å². The normalized spacial score (nSPS) is 17.4. The minimum Gasteiger partial charge on any atom is -0.493 e. The zero-order valence-corrected chi connectivity index (χ0v) is 26.5. The summed E-state index contributed by atoms with van der Waals surface area (Å²) in [7, 11) is 2.97. The smallest absolute Gasteiger partial charge is 0.407 e. The Morgan fingerprint density at radius 2 is 1.84 bits per heavy atom. The molecule has 1 saturated carbocycles. The van der Waals surface area contributed by atoms with Crippen molar-refractivity contribution in [2.24, 2.45) is 11.8 Å². The van der Waals surface area contributed by atoms with Gasteiger partial charge in [0, 0.05) is 18.0 Å². The fourth-order valence-corrected chi connectivity index (χ4v) is 5.63. The molecule has 0 spiro atoms. The standard InChI is InChI=1S/C32H40ClFN4O6/c1-32(2,3)44-31(40)35-15-7-8-21(30(39)42-5)19-11-13-20(14-12-19)43-27-16-22-25(17-26(27)41-4)36-18-37-29(22)38-24-10-6-9-23(33)28(24)34/h6,9-10,16-21H,7-8,11-15H2,1-5H3,(H,35,40)(H,36,37,38)/t19?,20?,21-/m0/s1. The van der Waals surface area contributed by atoms with Crippen LogP contribution >= 0.6 is 11.6 Å². The maximum atomic E-state index is 14.6. The highest BCUT2D eigenvalue weighted by Crippen LogP contribution is 2.39. The van der Waals surface area contributed by atoms with Crippen LogP contribution in [0.15, 0.2) is 36.7 Å². The van der Waals surface area contributed by atoms with Crippen LogP contribution in [0.25, 0.3) is 10.9 Å². The lowest BCUT2D eigenvalue weighted by Gasteiger charge is -2.33. The van der Waals surface area contributed by atoms with E-state index >= 15 is 0 Å². The predicted molar refractivity (Wildman–Crippen MR) is 166 cm³/mol. The van der Waals surface area contributed by atoms with Gasteiger partial charge in [0.05, 0.1) is 42.5 Å². The third kappa shape index (κ3) is 8.62. The van der Waals surface area contributed by atoms with Crippen LogP contribution in [0, 0.1) is 17.7 Å². The molecule has 0 saturated heterocycles. The van der Waals surface area contributed by atoms with E-state index in [1.165, 1.54) is 19.5 Å². The van der Waals surface area contributed by atoms with E-state index in [0.29, 0.717) is 47.6 Å². The first kappa shape index (κ1) is 33.0. The zero-order valence-electron chi connectivity index (χ0n) is 25.7. The Balaban J connectivity index is 1.40. The summed E-state index contributed by atoms with van der Waals surface area (Å²) < 4.78 is 37.0. The lowest BCUT2D eigenvalue weighted by Crippen LogP contribution is -2.34. The Hall–Kier alpha value is -3.86. The number of aromatic nitrogens is 2. The first-order valence-electron chi connectivity index (χ1n) is 14.7. The van der Waals surface area contributed by atoms with Gasteiger partial charge in [0.25, 0.3) is 0 Å². The van der Waals surface area contributed by atoms with Gasteiger partial charge in [-0.3, -0.25) is 4.79 Å². The SMILES string of the molecule is COC(=O)[C@@H](CCCNC(=O)OC(C)(C)C)C1CCC(Oc2cc3c(Nc4cccc(Cl)c4F)ncnc3cc2OC)CC1. The number of hydrogen-bond donors (Lipinski definition) is 2. The second kappa shape index (κ2) is 14.7. The monoisotopic (exact) mass is 630 g/mol. The summed E-state index contributed by atoms with van der Waals surface area (Å²) in [6.45, 7) is 5.84. The van der Waals surface area contributed by atoms with E-state index in [1.54, 1.807) is 31.4 Å². The predicted octanol–water partition coefficient (Wildman–Crippen LogP) is 7.21. The van der Waals surface area contributed by atoms with Gasteiger partial charge in [0.2, 0.25) is 0 Å². The van der Waals surface area contributed by atoms with E-state index in [-0.39, 0.29) is 34.6 Å². The molecule has 2 N–H and O–H groups in total. The Morgan fingerprint density at radius 3 is 2.52 bits per heavy atom. The summed E-state index contributed by atoms with van der Waals surface area (Å²) in [4.78, 5) is 33.3. The highest BCUT2D eigenvalue weighted by molar-refractivity contribution is 6.31. The van der Waals surface area contributed by atoms with Crippen LogP contribution < -0.4 is 20.1 Å². The summed E-state index contributed by atoms with van der Waals surface area (Å²) in [5, 5.41) is 6.39. The molecule has 44 heavy (non-hydrogen) atoms. The number of rotatable bonds is 11. The van der Waals surface area contributed by atoms with Gasteiger partial charge in [-0.25, -0.2) is 19.2 Å². The number of nitrogens with one attached hydrogen (secondary N) is 2. The van der Waals surface area contributed by atoms with Gasteiger partial charge in [0.1, 0.15) is 17.7 Å². The molecule has 1 aliphatic rings. The molecule has 238 valence electrons. The topological polar surface area (TPSA) is 121 Å². The average molecular weight is 631 g/mol. The van der Waals surface area contributed by atoms with Crippen molar-refractivity contribution < 1.29 is 32.9 Å². The molecule has 1 heterocycles. The molecular weight excluding hydrogens is 591 g/mol. The molecule has 0 aliphatic heterocycles. The number of amides is 1. The molecule has 1 amide bonds. The van der Waals surface area contributed by atoms with E-state index in [4.69, 9.17) is 30.5 Å². The maximum absolute atomic E-state index is 14.6. The second-order valence-corrected chi connectivity index (χ2v) is 12.2. The number of carbonyl (C=O) groups is 2. The van der Waals surface area contributed by atoms with Gasteiger partial charge in [-0.2, -0.15) is 0 Å². The van der Waals surface area contributed by atoms with Crippen LogP contribution in [0.4, 0.5) is 20.7 Å². The minimum absolute atomic E-state index is 0.00145. The number of anilines is 2. The van der Waals surface area contributed by atoms with Crippen molar-refractivity contribution in [3.63, 3.8) is 0 Å². The van der Waals surface area contributed by atoms with Crippen molar-refractivity contribution in [1.82, 2.24) is 15.3 Å². The Labute approximate surface area is 262 Å². The van der Waals surface area contributed by atoms with E-state index in [0.717, 1.165) is 25.7 Å².